The summed E-state index contributed by atoms with van der Waals surface area (Å²) in [5, 5.41) is 9.52. The summed E-state index contributed by atoms with van der Waals surface area (Å²) in [6.45, 7) is 10.7. The molecule has 22 heavy (non-hydrogen) atoms. The summed E-state index contributed by atoms with van der Waals surface area (Å²) in [5.41, 5.74) is 0. The Morgan fingerprint density at radius 3 is 2.50 bits per heavy atom. The van der Waals surface area contributed by atoms with Crippen LogP contribution in [0.15, 0.2) is 6.33 Å². The van der Waals surface area contributed by atoms with E-state index in [2.05, 4.69) is 56.7 Å². The number of aromatic nitrogens is 5. The highest BCUT2D eigenvalue weighted by molar-refractivity contribution is 7.09. The standard InChI is InChI=1S/C15H24N6S/c1-10(2)13-17-15(22-19-13)20-7-5-12(6-8-20)14-18-16-9-21(14)11(3)4/h9-12H,5-8H2,1-4H3. The van der Waals surface area contributed by atoms with Crippen molar-refractivity contribution >= 4 is 16.7 Å². The molecule has 0 unspecified atom stereocenters. The summed E-state index contributed by atoms with van der Waals surface area (Å²) in [5.74, 6) is 2.99. The molecule has 0 bridgehead atoms. The molecule has 1 aliphatic rings. The Hall–Kier alpha value is -1.50. The molecule has 0 atom stereocenters. The van der Waals surface area contributed by atoms with Crippen LogP contribution in [-0.4, -0.2) is 37.2 Å². The summed E-state index contributed by atoms with van der Waals surface area (Å²) in [4.78, 5) is 7.02. The van der Waals surface area contributed by atoms with Crippen molar-refractivity contribution in [3.05, 3.63) is 18.0 Å². The first-order chi connectivity index (χ1) is 10.6. The first-order valence-corrected chi connectivity index (χ1v) is 8.81. The van der Waals surface area contributed by atoms with Gasteiger partial charge in [0.05, 0.1) is 0 Å². The molecule has 0 N–H and O–H groups in total. The molecule has 0 spiro atoms. The summed E-state index contributed by atoms with van der Waals surface area (Å²) >= 11 is 1.52. The van der Waals surface area contributed by atoms with Gasteiger partial charge in [-0.15, -0.1) is 10.2 Å². The van der Waals surface area contributed by atoms with Crippen LogP contribution in [0.1, 0.15) is 70.1 Å². The molecule has 1 fully saturated rings. The SMILES string of the molecule is CC(C)c1nsc(N2CCC(c3nncn3C(C)C)CC2)n1. The average molecular weight is 320 g/mol. The molecule has 1 aliphatic heterocycles. The fourth-order valence-electron chi connectivity index (χ4n) is 2.86. The van der Waals surface area contributed by atoms with Gasteiger partial charge in [-0.25, -0.2) is 4.98 Å². The predicted octanol–water partition coefficient (Wildman–Crippen LogP) is 3.22. The number of hydrogen-bond donors (Lipinski definition) is 0. The highest BCUT2D eigenvalue weighted by Crippen LogP contribution is 2.31. The number of anilines is 1. The van der Waals surface area contributed by atoms with Crippen LogP contribution >= 0.6 is 11.5 Å². The van der Waals surface area contributed by atoms with Crippen LogP contribution in [0.3, 0.4) is 0 Å². The Kier molecular flexibility index (Phi) is 4.42. The highest BCUT2D eigenvalue weighted by atomic mass is 32.1. The third kappa shape index (κ3) is 2.99. The molecule has 0 saturated carbocycles. The minimum absolute atomic E-state index is 0.395. The van der Waals surface area contributed by atoms with Gasteiger partial charge in [0.25, 0.3) is 0 Å². The van der Waals surface area contributed by atoms with Crippen molar-refractivity contribution in [2.75, 3.05) is 18.0 Å². The van der Waals surface area contributed by atoms with Crippen LogP contribution in [0.25, 0.3) is 0 Å². The predicted molar refractivity (Wildman–Crippen MR) is 88.6 cm³/mol. The van der Waals surface area contributed by atoms with E-state index in [0.29, 0.717) is 17.9 Å². The second kappa shape index (κ2) is 6.32. The fourth-order valence-corrected chi connectivity index (χ4v) is 3.72. The third-order valence-electron chi connectivity index (χ3n) is 4.24. The van der Waals surface area contributed by atoms with Gasteiger partial charge in [0.1, 0.15) is 18.0 Å². The molecule has 1 saturated heterocycles. The van der Waals surface area contributed by atoms with Crippen molar-refractivity contribution in [3.8, 4) is 0 Å². The van der Waals surface area contributed by atoms with Gasteiger partial charge in [-0.1, -0.05) is 13.8 Å². The Bertz CT molecular complexity index is 609. The molecule has 0 radical (unpaired) electrons. The lowest BCUT2D eigenvalue weighted by Crippen LogP contribution is -2.33. The zero-order valence-electron chi connectivity index (χ0n) is 13.7. The van der Waals surface area contributed by atoms with E-state index in [1.54, 1.807) is 0 Å². The van der Waals surface area contributed by atoms with Gasteiger partial charge in [-0.05, 0) is 26.7 Å². The van der Waals surface area contributed by atoms with E-state index in [4.69, 9.17) is 0 Å². The highest BCUT2D eigenvalue weighted by Gasteiger charge is 2.26. The van der Waals surface area contributed by atoms with Gasteiger partial charge in [0.2, 0.25) is 5.13 Å². The van der Waals surface area contributed by atoms with Gasteiger partial charge in [-0.2, -0.15) is 4.37 Å². The van der Waals surface area contributed by atoms with E-state index < -0.39 is 0 Å². The van der Waals surface area contributed by atoms with Crippen molar-refractivity contribution in [3.63, 3.8) is 0 Å². The largest absolute Gasteiger partial charge is 0.347 e. The van der Waals surface area contributed by atoms with Crippen molar-refractivity contribution in [1.29, 1.82) is 0 Å². The van der Waals surface area contributed by atoms with Gasteiger partial charge in [-0.3, -0.25) is 0 Å². The lowest BCUT2D eigenvalue weighted by molar-refractivity contribution is 0.449. The van der Waals surface area contributed by atoms with E-state index in [1.807, 2.05) is 6.33 Å². The Balaban J connectivity index is 1.66. The monoisotopic (exact) mass is 320 g/mol. The Morgan fingerprint density at radius 1 is 1.18 bits per heavy atom. The van der Waals surface area contributed by atoms with Gasteiger partial charge >= 0.3 is 0 Å². The van der Waals surface area contributed by atoms with E-state index in [-0.39, 0.29) is 0 Å². The molecule has 0 amide bonds. The van der Waals surface area contributed by atoms with Gasteiger partial charge in [0.15, 0.2) is 0 Å². The lowest BCUT2D eigenvalue weighted by Gasteiger charge is -2.31. The second-order valence-electron chi connectivity index (χ2n) is 6.54. The zero-order valence-corrected chi connectivity index (χ0v) is 14.5. The quantitative estimate of drug-likeness (QED) is 0.865. The van der Waals surface area contributed by atoms with Gasteiger partial charge in [0, 0.05) is 42.5 Å². The fraction of sp³-hybridized carbons (Fsp3) is 0.733. The van der Waals surface area contributed by atoms with E-state index in [9.17, 15) is 0 Å². The summed E-state index contributed by atoms with van der Waals surface area (Å²) in [6.07, 6.45) is 4.05. The first-order valence-electron chi connectivity index (χ1n) is 8.04. The maximum Gasteiger partial charge on any atom is 0.205 e. The number of hydrogen-bond acceptors (Lipinski definition) is 6. The maximum atomic E-state index is 4.67. The average Bonchev–Trinajstić information content (AvgIpc) is 3.17. The smallest absolute Gasteiger partial charge is 0.205 e. The number of nitrogens with zero attached hydrogens (tertiary/aromatic N) is 6. The minimum Gasteiger partial charge on any atom is -0.347 e. The van der Waals surface area contributed by atoms with Gasteiger partial charge < -0.3 is 9.47 Å². The minimum atomic E-state index is 0.395. The van der Waals surface area contributed by atoms with E-state index in [1.165, 1.54) is 11.5 Å². The number of piperidine rings is 1. The summed E-state index contributed by atoms with van der Waals surface area (Å²) < 4.78 is 6.66. The maximum absolute atomic E-state index is 4.67. The molecule has 6 nitrogen and oxygen atoms in total. The third-order valence-corrected chi connectivity index (χ3v) is 5.03. The molecule has 7 heteroatoms. The van der Waals surface area contributed by atoms with Crippen LogP contribution in [0.4, 0.5) is 5.13 Å². The van der Waals surface area contributed by atoms with Crippen LogP contribution in [0.5, 0.6) is 0 Å². The Morgan fingerprint density at radius 2 is 1.91 bits per heavy atom. The molecule has 120 valence electrons. The first kappa shape index (κ1) is 15.4. The molecular weight excluding hydrogens is 296 g/mol. The van der Waals surface area contributed by atoms with Crippen LogP contribution in [-0.2, 0) is 0 Å². The molecular formula is C15H24N6S. The molecule has 2 aromatic heterocycles. The summed E-state index contributed by atoms with van der Waals surface area (Å²) in [6, 6.07) is 0.416. The van der Waals surface area contributed by atoms with Crippen LogP contribution in [0, 0.1) is 0 Å². The van der Waals surface area contributed by atoms with Crippen molar-refractivity contribution in [2.45, 2.75) is 58.4 Å². The summed E-state index contributed by atoms with van der Waals surface area (Å²) in [7, 11) is 0. The van der Waals surface area contributed by atoms with E-state index in [0.717, 1.165) is 42.7 Å². The lowest BCUT2D eigenvalue weighted by atomic mass is 9.96. The molecule has 3 rings (SSSR count). The van der Waals surface area contributed by atoms with Crippen LogP contribution < -0.4 is 4.90 Å². The number of rotatable bonds is 4. The van der Waals surface area contributed by atoms with Crippen molar-refractivity contribution in [2.24, 2.45) is 0 Å². The zero-order chi connectivity index (χ0) is 15.7. The normalized spacial score (nSPS) is 16.9. The molecule has 0 aliphatic carbocycles. The van der Waals surface area contributed by atoms with Crippen LogP contribution in [0.2, 0.25) is 0 Å². The topological polar surface area (TPSA) is 59.7 Å². The van der Waals surface area contributed by atoms with E-state index >= 15 is 0 Å². The molecule has 0 aromatic carbocycles. The molecule has 2 aromatic rings. The second-order valence-corrected chi connectivity index (χ2v) is 7.27. The molecule has 3 heterocycles. The Labute approximate surface area is 135 Å². The van der Waals surface area contributed by atoms with Crippen molar-refractivity contribution < 1.29 is 0 Å². The van der Waals surface area contributed by atoms with Crippen molar-refractivity contribution in [1.82, 2.24) is 24.1 Å².